The number of carboxylic acid groups (broad SMARTS) is 2. The molecule has 23 heavy (non-hydrogen) atoms. The topological polar surface area (TPSA) is 77.8 Å². The van der Waals surface area contributed by atoms with Gasteiger partial charge in [-0.25, -0.2) is 9.59 Å². The van der Waals surface area contributed by atoms with Gasteiger partial charge in [0.2, 0.25) is 0 Å². The van der Waals surface area contributed by atoms with E-state index in [1.54, 1.807) is 11.8 Å². The van der Waals surface area contributed by atoms with Gasteiger partial charge < -0.3 is 15.1 Å². The van der Waals surface area contributed by atoms with Crippen LogP contribution in [0.25, 0.3) is 5.57 Å². The fraction of sp³-hybridized carbons (Fsp3) is 0.444. The van der Waals surface area contributed by atoms with Gasteiger partial charge >= 0.3 is 11.9 Å². The molecule has 0 saturated carbocycles. The third-order valence-electron chi connectivity index (χ3n) is 4.76. The third kappa shape index (κ3) is 2.40. The number of nitrogens with zero attached hydrogens (tertiary/aromatic N) is 1. The van der Waals surface area contributed by atoms with E-state index in [1.165, 1.54) is 0 Å². The predicted octanol–water partition coefficient (Wildman–Crippen LogP) is 3.18. The highest BCUT2D eigenvalue weighted by molar-refractivity contribution is 6.21. The van der Waals surface area contributed by atoms with Gasteiger partial charge in [0, 0.05) is 17.8 Å². The molecule has 1 aliphatic heterocycles. The third-order valence-corrected chi connectivity index (χ3v) is 4.76. The number of carbonyl (C=O) groups is 2. The van der Waals surface area contributed by atoms with Gasteiger partial charge in [0.05, 0.1) is 5.57 Å². The van der Waals surface area contributed by atoms with E-state index in [4.69, 9.17) is 0 Å². The minimum atomic E-state index is -1.35. The lowest BCUT2D eigenvalue weighted by Crippen LogP contribution is -2.56. The average Bonchev–Trinajstić information content (AvgIpc) is 2.52. The summed E-state index contributed by atoms with van der Waals surface area (Å²) in [7, 11) is 0. The Balaban J connectivity index is 2.91. The second kappa shape index (κ2) is 6.07. The number of hydrogen-bond acceptors (Lipinski definition) is 3. The zero-order valence-electron chi connectivity index (χ0n) is 14.0. The molecule has 0 amide bonds. The van der Waals surface area contributed by atoms with Crippen molar-refractivity contribution in [2.24, 2.45) is 0 Å². The van der Waals surface area contributed by atoms with Crippen LogP contribution in [0.1, 0.15) is 45.2 Å². The Kier molecular flexibility index (Phi) is 4.50. The molecule has 0 saturated heterocycles. The first kappa shape index (κ1) is 17.1. The molecule has 2 rings (SSSR count). The molecule has 0 spiro atoms. The fourth-order valence-electron chi connectivity index (χ4n) is 3.54. The summed E-state index contributed by atoms with van der Waals surface area (Å²) in [6, 6.07) is 5.65. The Bertz CT molecular complexity index is 692. The molecule has 0 aliphatic carbocycles. The molecule has 1 heterocycles. The van der Waals surface area contributed by atoms with Crippen molar-refractivity contribution in [2.75, 3.05) is 11.4 Å². The number of aryl methyl sites for hydroxylation is 1. The smallest absolute Gasteiger partial charge is 0.336 e. The molecular weight excluding hydrogens is 294 g/mol. The normalized spacial score (nSPS) is 20.4. The molecule has 0 fully saturated rings. The van der Waals surface area contributed by atoms with Crippen LogP contribution in [0, 0.1) is 0 Å². The van der Waals surface area contributed by atoms with Crippen LogP contribution in [0.2, 0.25) is 0 Å². The van der Waals surface area contributed by atoms with Crippen LogP contribution in [0.3, 0.4) is 0 Å². The number of fused-ring (bicyclic) bond motifs is 1. The first-order valence-corrected chi connectivity index (χ1v) is 7.94. The predicted molar refractivity (Wildman–Crippen MR) is 89.7 cm³/mol. The molecule has 124 valence electrons. The van der Waals surface area contributed by atoms with E-state index >= 15 is 0 Å². The van der Waals surface area contributed by atoms with Crippen LogP contribution >= 0.6 is 0 Å². The molecule has 1 unspecified atom stereocenters. The first-order chi connectivity index (χ1) is 10.8. The van der Waals surface area contributed by atoms with Crippen molar-refractivity contribution < 1.29 is 19.8 Å². The molecule has 5 nitrogen and oxygen atoms in total. The molecule has 2 N–H and O–H groups in total. The zero-order chi connectivity index (χ0) is 17.4. The average molecular weight is 317 g/mol. The second-order valence-electron chi connectivity index (χ2n) is 5.84. The van der Waals surface area contributed by atoms with Crippen LogP contribution in [-0.4, -0.2) is 34.2 Å². The molecule has 1 aromatic carbocycles. The minimum Gasteiger partial charge on any atom is -0.479 e. The van der Waals surface area contributed by atoms with E-state index in [1.807, 2.05) is 39.0 Å². The van der Waals surface area contributed by atoms with Crippen molar-refractivity contribution in [1.82, 2.24) is 0 Å². The van der Waals surface area contributed by atoms with Crippen molar-refractivity contribution in [3.63, 3.8) is 0 Å². The monoisotopic (exact) mass is 317 g/mol. The van der Waals surface area contributed by atoms with Crippen LogP contribution in [0.15, 0.2) is 23.8 Å². The van der Waals surface area contributed by atoms with Crippen molar-refractivity contribution >= 4 is 23.2 Å². The second-order valence-corrected chi connectivity index (χ2v) is 5.84. The quantitative estimate of drug-likeness (QED) is 0.872. The Morgan fingerprint density at radius 3 is 2.22 bits per heavy atom. The van der Waals surface area contributed by atoms with Gasteiger partial charge in [-0.3, -0.25) is 0 Å². The van der Waals surface area contributed by atoms with Crippen LogP contribution in [0.5, 0.6) is 0 Å². The van der Waals surface area contributed by atoms with E-state index in [2.05, 4.69) is 0 Å². The van der Waals surface area contributed by atoms with E-state index in [9.17, 15) is 19.8 Å². The first-order valence-electron chi connectivity index (χ1n) is 7.94. The number of hydrogen-bond donors (Lipinski definition) is 2. The summed E-state index contributed by atoms with van der Waals surface area (Å²) in [5.74, 6) is -2.10. The standard InChI is InChI=1S/C18H23NO4/c1-5-11-8-9-14-12(10-11)15(16(20)21)13(6-2)18(4,17(22)23)19(14)7-3/h8-10H,5-7H2,1-4H3,(H,20,21)(H,22,23). The Hall–Kier alpha value is -2.30. The van der Waals surface area contributed by atoms with Crippen LogP contribution in [-0.2, 0) is 16.0 Å². The van der Waals surface area contributed by atoms with Crippen LogP contribution in [0.4, 0.5) is 5.69 Å². The van der Waals surface area contributed by atoms with E-state index < -0.39 is 17.5 Å². The summed E-state index contributed by atoms with van der Waals surface area (Å²) < 4.78 is 0. The van der Waals surface area contributed by atoms with Gasteiger partial charge in [0.25, 0.3) is 0 Å². The Morgan fingerprint density at radius 1 is 1.13 bits per heavy atom. The van der Waals surface area contributed by atoms with Crippen LogP contribution < -0.4 is 4.90 Å². The highest BCUT2D eigenvalue weighted by atomic mass is 16.4. The van der Waals surface area contributed by atoms with Gasteiger partial charge in [-0.15, -0.1) is 0 Å². The summed E-state index contributed by atoms with van der Waals surface area (Å²) >= 11 is 0. The molecule has 1 aliphatic rings. The fourth-order valence-corrected chi connectivity index (χ4v) is 3.54. The minimum absolute atomic E-state index is 0.132. The summed E-state index contributed by atoms with van der Waals surface area (Å²) in [5.41, 5.74) is 1.55. The van der Waals surface area contributed by atoms with Gasteiger partial charge in [-0.05, 0) is 50.0 Å². The van der Waals surface area contributed by atoms with E-state index in [-0.39, 0.29) is 5.57 Å². The van der Waals surface area contributed by atoms with Gasteiger partial charge in [-0.1, -0.05) is 19.9 Å². The molecule has 0 aromatic heterocycles. The largest absolute Gasteiger partial charge is 0.479 e. The highest BCUT2D eigenvalue weighted by Gasteiger charge is 2.48. The highest BCUT2D eigenvalue weighted by Crippen LogP contribution is 2.45. The lowest BCUT2D eigenvalue weighted by Gasteiger charge is -2.45. The van der Waals surface area contributed by atoms with Crippen molar-refractivity contribution in [2.45, 2.75) is 46.1 Å². The number of aliphatic carboxylic acids is 2. The summed E-state index contributed by atoms with van der Waals surface area (Å²) in [5, 5.41) is 19.6. The maximum absolute atomic E-state index is 12.0. The van der Waals surface area contributed by atoms with E-state index in [0.29, 0.717) is 29.8 Å². The maximum atomic E-state index is 12.0. The number of carboxylic acids is 2. The van der Waals surface area contributed by atoms with Crippen molar-refractivity contribution in [3.8, 4) is 0 Å². The number of anilines is 1. The molecular formula is C18H23NO4. The van der Waals surface area contributed by atoms with Gasteiger partial charge in [0.15, 0.2) is 5.54 Å². The number of benzene rings is 1. The van der Waals surface area contributed by atoms with E-state index in [0.717, 1.165) is 12.0 Å². The molecule has 1 atom stereocenters. The Morgan fingerprint density at radius 2 is 1.78 bits per heavy atom. The number of rotatable bonds is 5. The summed E-state index contributed by atoms with van der Waals surface area (Å²) in [6.45, 7) is 7.78. The maximum Gasteiger partial charge on any atom is 0.336 e. The molecule has 5 heteroatoms. The lowest BCUT2D eigenvalue weighted by atomic mass is 9.77. The van der Waals surface area contributed by atoms with Crippen molar-refractivity contribution in [3.05, 3.63) is 34.9 Å². The lowest BCUT2D eigenvalue weighted by molar-refractivity contribution is -0.141. The van der Waals surface area contributed by atoms with Gasteiger partial charge in [0.1, 0.15) is 0 Å². The summed E-state index contributed by atoms with van der Waals surface area (Å²) in [6.07, 6.45) is 1.17. The molecule has 0 bridgehead atoms. The van der Waals surface area contributed by atoms with Gasteiger partial charge in [-0.2, -0.15) is 0 Å². The molecule has 0 radical (unpaired) electrons. The van der Waals surface area contributed by atoms with Crippen molar-refractivity contribution in [1.29, 1.82) is 0 Å². The number of likely N-dealkylation sites (N-methyl/N-ethyl adjacent to an activating group) is 1. The Labute approximate surface area is 136 Å². The SMILES string of the molecule is CCC1=C(C(=O)O)c2cc(CC)ccc2N(CC)C1(C)C(=O)O. The zero-order valence-corrected chi connectivity index (χ0v) is 14.0. The summed E-state index contributed by atoms with van der Waals surface area (Å²) in [4.78, 5) is 25.8. The molecule has 1 aromatic rings.